The number of anilines is 1. The van der Waals surface area contributed by atoms with Crippen molar-refractivity contribution in [3.8, 4) is 5.75 Å². The molecule has 1 atom stereocenters. The summed E-state index contributed by atoms with van der Waals surface area (Å²) in [6.07, 6.45) is 0.392. The summed E-state index contributed by atoms with van der Waals surface area (Å²) >= 11 is 6.00. The molecule has 0 saturated heterocycles. The van der Waals surface area contributed by atoms with Crippen LogP contribution in [0, 0.1) is 5.41 Å². The fourth-order valence-corrected chi connectivity index (χ4v) is 2.52. The van der Waals surface area contributed by atoms with Gasteiger partial charge in [-0.15, -0.1) is 0 Å². The van der Waals surface area contributed by atoms with Crippen molar-refractivity contribution in [2.45, 2.75) is 33.2 Å². The Morgan fingerprint density at radius 1 is 1.12 bits per heavy atom. The Morgan fingerprint density at radius 3 is 2.33 bits per heavy atom. The standard InChI is InChI=1S/C20H24ClNO2/c1-20(2,3)19(23)13-17(14-9-11-15(21)12-10-14)22-16-7-5-6-8-18(16)24-4/h5-12,17,22H,13H2,1-4H3. The SMILES string of the molecule is COc1ccccc1NC(CC(=O)C(C)(C)C)c1ccc(Cl)cc1. The predicted molar refractivity (Wildman–Crippen MR) is 99.9 cm³/mol. The Kier molecular flexibility index (Phi) is 5.89. The van der Waals surface area contributed by atoms with Gasteiger partial charge in [0, 0.05) is 16.9 Å². The molecule has 0 aromatic heterocycles. The number of para-hydroxylation sites is 2. The van der Waals surface area contributed by atoms with E-state index in [1.807, 2.05) is 69.3 Å². The maximum atomic E-state index is 12.6. The molecule has 2 rings (SSSR count). The molecule has 0 bridgehead atoms. The number of ether oxygens (including phenoxy) is 1. The van der Waals surface area contributed by atoms with Crippen molar-refractivity contribution in [1.29, 1.82) is 0 Å². The number of halogens is 1. The second-order valence-electron chi connectivity index (χ2n) is 6.83. The summed E-state index contributed by atoms with van der Waals surface area (Å²) in [4.78, 5) is 12.6. The molecule has 4 heteroatoms. The number of Topliss-reactive ketones (excluding diaryl/α,β-unsaturated/α-hetero) is 1. The zero-order chi connectivity index (χ0) is 17.7. The highest BCUT2D eigenvalue weighted by molar-refractivity contribution is 6.30. The Morgan fingerprint density at radius 2 is 1.75 bits per heavy atom. The highest BCUT2D eigenvalue weighted by Crippen LogP contribution is 2.32. The van der Waals surface area contributed by atoms with Crippen LogP contribution in [0.15, 0.2) is 48.5 Å². The first-order valence-electron chi connectivity index (χ1n) is 7.99. The minimum atomic E-state index is -0.382. The Hall–Kier alpha value is -2.00. The quantitative estimate of drug-likeness (QED) is 0.750. The lowest BCUT2D eigenvalue weighted by Gasteiger charge is -2.25. The van der Waals surface area contributed by atoms with Crippen molar-refractivity contribution in [3.05, 3.63) is 59.1 Å². The summed E-state index contributed by atoms with van der Waals surface area (Å²) in [7, 11) is 1.64. The van der Waals surface area contributed by atoms with Crippen molar-refractivity contribution >= 4 is 23.1 Å². The monoisotopic (exact) mass is 345 g/mol. The predicted octanol–water partition coefficient (Wildman–Crippen LogP) is 5.51. The third kappa shape index (κ3) is 4.75. The number of carbonyl (C=O) groups excluding carboxylic acids is 1. The van der Waals surface area contributed by atoms with Crippen LogP contribution in [-0.2, 0) is 4.79 Å². The van der Waals surface area contributed by atoms with Gasteiger partial charge in [-0.05, 0) is 29.8 Å². The van der Waals surface area contributed by atoms with Gasteiger partial charge in [0.05, 0.1) is 18.8 Å². The highest BCUT2D eigenvalue weighted by Gasteiger charge is 2.26. The molecule has 0 aliphatic heterocycles. The number of rotatable bonds is 6. The fraction of sp³-hybridized carbons (Fsp3) is 0.350. The average Bonchev–Trinajstić information content (AvgIpc) is 2.54. The summed E-state index contributed by atoms with van der Waals surface area (Å²) in [6.45, 7) is 5.83. The molecule has 128 valence electrons. The van der Waals surface area contributed by atoms with Crippen LogP contribution in [0.4, 0.5) is 5.69 Å². The zero-order valence-corrected chi connectivity index (χ0v) is 15.4. The van der Waals surface area contributed by atoms with Gasteiger partial charge in [0.2, 0.25) is 0 Å². The van der Waals surface area contributed by atoms with E-state index in [4.69, 9.17) is 16.3 Å². The molecule has 3 nitrogen and oxygen atoms in total. The van der Waals surface area contributed by atoms with E-state index in [0.717, 1.165) is 17.0 Å². The molecule has 0 aliphatic carbocycles. The third-order valence-electron chi connectivity index (χ3n) is 3.94. The average molecular weight is 346 g/mol. The van der Waals surface area contributed by atoms with Crippen LogP contribution in [0.1, 0.15) is 38.8 Å². The molecule has 0 amide bonds. The van der Waals surface area contributed by atoms with Gasteiger partial charge in [-0.2, -0.15) is 0 Å². The zero-order valence-electron chi connectivity index (χ0n) is 14.6. The topological polar surface area (TPSA) is 38.3 Å². The van der Waals surface area contributed by atoms with Gasteiger partial charge in [0.25, 0.3) is 0 Å². The summed E-state index contributed by atoms with van der Waals surface area (Å²) in [5, 5.41) is 4.13. The Labute approximate surface area is 149 Å². The lowest BCUT2D eigenvalue weighted by atomic mass is 9.85. The lowest BCUT2D eigenvalue weighted by Crippen LogP contribution is -2.25. The smallest absolute Gasteiger partial charge is 0.141 e. The van der Waals surface area contributed by atoms with Crippen LogP contribution >= 0.6 is 11.6 Å². The number of carbonyl (C=O) groups is 1. The maximum absolute atomic E-state index is 12.6. The Balaban J connectivity index is 2.32. The van der Waals surface area contributed by atoms with E-state index in [1.165, 1.54) is 0 Å². The molecule has 0 spiro atoms. The minimum absolute atomic E-state index is 0.148. The van der Waals surface area contributed by atoms with Crippen molar-refractivity contribution in [1.82, 2.24) is 0 Å². The number of hydrogen-bond donors (Lipinski definition) is 1. The van der Waals surface area contributed by atoms with Crippen molar-refractivity contribution in [2.75, 3.05) is 12.4 Å². The van der Waals surface area contributed by atoms with Gasteiger partial charge in [-0.3, -0.25) is 4.79 Å². The van der Waals surface area contributed by atoms with Crippen LogP contribution in [-0.4, -0.2) is 12.9 Å². The first kappa shape index (κ1) is 18.3. The Bertz CT molecular complexity index is 690. The molecule has 2 aromatic carbocycles. The number of nitrogens with one attached hydrogen (secondary N) is 1. The molecule has 0 aliphatic rings. The van der Waals surface area contributed by atoms with Gasteiger partial charge < -0.3 is 10.1 Å². The number of benzene rings is 2. The summed E-state index contributed by atoms with van der Waals surface area (Å²) in [6, 6.07) is 15.1. The molecule has 1 unspecified atom stereocenters. The molecular weight excluding hydrogens is 322 g/mol. The van der Waals surface area contributed by atoms with E-state index < -0.39 is 0 Å². The number of ketones is 1. The second kappa shape index (κ2) is 7.71. The van der Waals surface area contributed by atoms with Gasteiger partial charge in [-0.25, -0.2) is 0 Å². The van der Waals surface area contributed by atoms with Gasteiger partial charge in [0.1, 0.15) is 11.5 Å². The van der Waals surface area contributed by atoms with Gasteiger partial charge >= 0.3 is 0 Å². The van der Waals surface area contributed by atoms with Crippen molar-refractivity contribution in [3.63, 3.8) is 0 Å². The summed E-state index contributed by atoms with van der Waals surface area (Å²) < 4.78 is 5.40. The van der Waals surface area contributed by atoms with E-state index in [1.54, 1.807) is 7.11 Å². The molecule has 0 heterocycles. The summed E-state index contributed by atoms with van der Waals surface area (Å²) in [5.74, 6) is 0.949. The third-order valence-corrected chi connectivity index (χ3v) is 4.19. The molecule has 0 saturated carbocycles. The normalized spacial score (nSPS) is 12.5. The highest BCUT2D eigenvalue weighted by atomic mass is 35.5. The molecule has 0 fully saturated rings. The van der Waals surface area contributed by atoms with Crippen LogP contribution in [0.3, 0.4) is 0 Å². The van der Waals surface area contributed by atoms with Crippen LogP contribution in [0.5, 0.6) is 5.75 Å². The molecular formula is C20H24ClNO2. The fourth-order valence-electron chi connectivity index (χ4n) is 2.39. The van der Waals surface area contributed by atoms with E-state index >= 15 is 0 Å². The van der Waals surface area contributed by atoms with Crippen LogP contribution < -0.4 is 10.1 Å². The van der Waals surface area contributed by atoms with E-state index in [0.29, 0.717) is 11.4 Å². The minimum Gasteiger partial charge on any atom is -0.495 e. The molecule has 24 heavy (non-hydrogen) atoms. The summed E-state index contributed by atoms with van der Waals surface area (Å²) in [5.41, 5.74) is 1.50. The van der Waals surface area contributed by atoms with Gasteiger partial charge in [0.15, 0.2) is 0 Å². The number of methoxy groups -OCH3 is 1. The number of hydrogen-bond acceptors (Lipinski definition) is 3. The van der Waals surface area contributed by atoms with Gasteiger partial charge in [-0.1, -0.05) is 56.6 Å². The van der Waals surface area contributed by atoms with Crippen molar-refractivity contribution in [2.24, 2.45) is 5.41 Å². The van der Waals surface area contributed by atoms with Crippen LogP contribution in [0.2, 0.25) is 5.02 Å². The molecule has 2 aromatic rings. The van der Waals surface area contributed by atoms with Crippen LogP contribution in [0.25, 0.3) is 0 Å². The van der Waals surface area contributed by atoms with E-state index in [9.17, 15) is 4.79 Å². The van der Waals surface area contributed by atoms with E-state index in [2.05, 4.69) is 5.32 Å². The largest absolute Gasteiger partial charge is 0.495 e. The first-order chi connectivity index (χ1) is 11.3. The maximum Gasteiger partial charge on any atom is 0.141 e. The lowest BCUT2D eigenvalue weighted by molar-refractivity contribution is -0.126. The van der Waals surface area contributed by atoms with Crippen molar-refractivity contribution < 1.29 is 9.53 Å². The molecule has 1 N–H and O–H groups in total. The van der Waals surface area contributed by atoms with E-state index in [-0.39, 0.29) is 17.2 Å². The molecule has 0 radical (unpaired) electrons. The second-order valence-corrected chi connectivity index (χ2v) is 7.26. The first-order valence-corrected chi connectivity index (χ1v) is 8.37.